The van der Waals surface area contributed by atoms with E-state index < -0.39 is 22.5 Å². The first-order valence-electron chi connectivity index (χ1n) is 4.89. The van der Waals surface area contributed by atoms with Gasteiger partial charge in [0.25, 0.3) is 5.69 Å². The number of phenolic OH excluding ortho intramolecular Hbond substituents is 1. The van der Waals surface area contributed by atoms with Gasteiger partial charge in [0.15, 0.2) is 0 Å². The Kier molecular flexibility index (Phi) is 4.37. The summed E-state index contributed by atoms with van der Waals surface area (Å²) in [6, 6.07) is 4.59. The normalized spacial score (nSPS) is 9.21. The Labute approximate surface area is 106 Å². The highest BCUT2D eigenvalue weighted by Crippen LogP contribution is 2.27. The van der Waals surface area contributed by atoms with E-state index in [4.69, 9.17) is 5.26 Å². The first-order chi connectivity index (χ1) is 8.95. The van der Waals surface area contributed by atoms with Crippen LogP contribution in [0.4, 0.5) is 11.4 Å². The van der Waals surface area contributed by atoms with Crippen LogP contribution in [0.25, 0.3) is 0 Å². The number of aromatic hydroxyl groups is 1. The van der Waals surface area contributed by atoms with Gasteiger partial charge in [-0.15, -0.1) is 0 Å². The van der Waals surface area contributed by atoms with Crippen LogP contribution < -0.4 is 10.6 Å². The molecule has 0 aliphatic carbocycles. The quantitative estimate of drug-likeness (QED) is 0.228. The number of rotatable bonds is 3. The lowest BCUT2D eigenvalue weighted by molar-refractivity contribution is -0.384. The molecule has 0 saturated carbocycles. The first kappa shape index (κ1) is 13.9. The van der Waals surface area contributed by atoms with Crippen molar-refractivity contribution in [2.45, 2.75) is 0 Å². The van der Waals surface area contributed by atoms with Crippen molar-refractivity contribution < 1.29 is 19.6 Å². The van der Waals surface area contributed by atoms with Gasteiger partial charge in [-0.2, -0.15) is 5.26 Å². The van der Waals surface area contributed by atoms with Crippen LogP contribution in [0.2, 0.25) is 0 Å². The lowest BCUT2D eigenvalue weighted by atomic mass is 10.2. The number of anilines is 1. The molecule has 0 fully saturated rings. The lowest BCUT2D eigenvalue weighted by Gasteiger charge is -2.06. The zero-order chi connectivity index (χ0) is 14.4. The zero-order valence-electron chi connectivity index (χ0n) is 9.41. The van der Waals surface area contributed by atoms with E-state index in [1.807, 2.05) is 5.32 Å². The van der Waals surface area contributed by atoms with E-state index in [9.17, 15) is 24.8 Å². The predicted octanol–water partition coefficient (Wildman–Crippen LogP) is -0.121. The number of nitro groups is 1. The summed E-state index contributed by atoms with van der Waals surface area (Å²) in [5, 5.41) is 32.1. The van der Waals surface area contributed by atoms with Gasteiger partial charge in [0.1, 0.15) is 12.3 Å². The van der Waals surface area contributed by atoms with Gasteiger partial charge in [0.2, 0.25) is 0 Å². The summed E-state index contributed by atoms with van der Waals surface area (Å²) in [5.41, 5.74) is -0.507. The molecule has 9 heteroatoms. The Morgan fingerprint density at radius 3 is 2.63 bits per heavy atom. The van der Waals surface area contributed by atoms with Gasteiger partial charge in [-0.1, -0.05) is 0 Å². The third-order valence-corrected chi connectivity index (χ3v) is 1.97. The summed E-state index contributed by atoms with van der Waals surface area (Å²) in [6.07, 6.45) is 0. The monoisotopic (exact) mass is 264 g/mol. The standard InChI is InChI=1S/C10H8N4O5/c11-3-4-12-9(16)10(17)13-7-2-1-6(14(18)19)5-8(7)15/h1-2,5,15H,4H2,(H,12,16)(H,13,17). The van der Waals surface area contributed by atoms with Crippen LogP contribution in [-0.4, -0.2) is 28.4 Å². The van der Waals surface area contributed by atoms with Crippen molar-refractivity contribution >= 4 is 23.2 Å². The number of amides is 2. The van der Waals surface area contributed by atoms with Gasteiger partial charge < -0.3 is 15.7 Å². The summed E-state index contributed by atoms with van der Waals surface area (Å²) in [4.78, 5) is 32.1. The molecule has 2 amide bonds. The number of non-ortho nitro benzene ring substituents is 1. The van der Waals surface area contributed by atoms with Crippen molar-refractivity contribution in [1.82, 2.24) is 5.32 Å². The number of hydrogen-bond donors (Lipinski definition) is 3. The molecule has 1 aromatic rings. The molecule has 1 rings (SSSR count). The maximum atomic E-state index is 11.3. The summed E-state index contributed by atoms with van der Waals surface area (Å²) in [5.74, 6) is -2.70. The molecule has 0 radical (unpaired) electrons. The third kappa shape index (κ3) is 3.67. The lowest BCUT2D eigenvalue weighted by Crippen LogP contribution is -2.35. The number of carbonyl (C=O) groups excluding carboxylic acids is 2. The van der Waals surface area contributed by atoms with E-state index in [1.165, 1.54) is 0 Å². The van der Waals surface area contributed by atoms with Crippen LogP contribution in [-0.2, 0) is 9.59 Å². The molecule has 3 N–H and O–H groups in total. The van der Waals surface area contributed by atoms with Gasteiger partial charge in [-0.25, -0.2) is 0 Å². The molecular formula is C10H8N4O5. The average Bonchev–Trinajstić information content (AvgIpc) is 2.37. The Morgan fingerprint density at radius 1 is 1.42 bits per heavy atom. The number of nitro benzene ring substituents is 1. The highest BCUT2D eigenvalue weighted by Gasteiger charge is 2.16. The van der Waals surface area contributed by atoms with Crippen LogP contribution in [0.3, 0.4) is 0 Å². The van der Waals surface area contributed by atoms with Crippen molar-refractivity contribution in [3.05, 3.63) is 28.3 Å². The van der Waals surface area contributed by atoms with Crippen LogP contribution in [0, 0.1) is 21.4 Å². The highest BCUT2D eigenvalue weighted by atomic mass is 16.6. The minimum Gasteiger partial charge on any atom is -0.506 e. The SMILES string of the molecule is N#CCNC(=O)C(=O)Nc1ccc([N+](=O)[O-])cc1O. The van der Waals surface area contributed by atoms with Crippen LogP contribution in [0.5, 0.6) is 5.75 Å². The third-order valence-electron chi connectivity index (χ3n) is 1.97. The van der Waals surface area contributed by atoms with E-state index in [-0.39, 0.29) is 17.9 Å². The Bertz CT molecular complexity index is 578. The van der Waals surface area contributed by atoms with Crippen molar-refractivity contribution in [3.8, 4) is 11.8 Å². The number of benzene rings is 1. The molecule has 9 nitrogen and oxygen atoms in total. The van der Waals surface area contributed by atoms with Crippen molar-refractivity contribution in [2.24, 2.45) is 0 Å². The summed E-state index contributed by atoms with van der Waals surface area (Å²) >= 11 is 0. The fourth-order valence-electron chi connectivity index (χ4n) is 1.12. The molecule has 98 valence electrons. The number of carbonyl (C=O) groups is 2. The summed E-state index contributed by atoms with van der Waals surface area (Å²) in [7, 11) is 0. The fourth-order valence-corrected chi connectivity index (χ4v) is 1.12. The molecule has 1 aromatic carbocycles. The van der Waals surface area contributed by atoms with Gasteiger partial charge in [-0.05, 0) is 6.07 Å². The number of phenols is 1. The largest absolute Gasteiger partial charge is 0.506 e. The van der Waals surface area contributed by atoms with E-state index in [0.29, 0.717) is 0 Å². The molecule has 0 unspecified atom stereocenters. The van der Waals surface area contributed by atoms with Gasteiger partial charge >= 0.3 is 11.8 Å². The smallest absolute Gasteiger partial charge is 0.313 e. The molecular weight excluding hydrogens is 256 g/mol. The van der Waals surface area contributed by atoms with Gasteiger partial charge in [0.05, 0.1) is 22.7 Å². The van der Waals surface area contributed by atoms with Gasteiger partial charge in [0, 0.05) is 6.07 Å². The van der Waals surface area contributed by atoms with E-state index >= 15 is 0 Å². The molecule has 0 aliphatic heterocycles. The van der Waals surface area contributed by atoms with Crippen molar-refractivity contribution in [2.75, 3.05) is 11.9 Å². The maximum Gasteiger partial charge on any atom is 0.313 e. The predicted molar refractivity (Wildman–Crippen MR) is 62.0 cm³/mol. The van der Waals surface area contributed by atoms with Gasteiger partial charge in [-0.3, -0.25) is 19.7 Å². The van der Waals surface area contributed by atoms with E-state index in [2.05, 4.69) is 5.32 Å². The molecule has 0 aromatic heterocycles. The topological polar surface area (TPSA) is 145 Å². The molecule has 0 heterocycles. The fraction of sp³-hybridized carbons (Fsp3) is 0.100. The number of nitrogens with zero attached hydrogens (tertiary/aromatic N) is 2. The molecule has 0 bridgehead atoms. The molecule has 0 saturated heterocycles. The molecule has 0 atom stereocenters. The second-order valence-corrected chi connectivity index (χ2v) is 3.25. The van der Waals surface area contributed by atoms with Crippen LogP contribution in [0.1, 0.15) is 0 Å². The second kappa shape index (κ2) is 5.97. The number of nitrogens with one attached hydrogen (secondary N) is 2. The zero-order valence-corrected chi connectivity index (χ0v) is 9.41. The second-order valence-electron chi connectivity index (χ2n) is 3.25. The van der Waals surface area contributed by atoms with E-state index in [1.54, 1.807) is 6.07 Å². The van der Waals surface area contributed by atoms with Crippen LogP contribution in [0.15, 0.2) is 18.2 Å². The minimum absolute atomic E-state index is 0.150. The molecule has 19 heavy (non-hydrogen) atoms. The summed E-state index contributed by atoms with van der Waals surface area (Å²) < 4.78 is 0. The Morgan fingerprint density at radius 2 is 2.11 bits per heavy atom. The number of nitriles is 1. The van der Waals surface area contributed by atoms with Crippen LogP contribution >= 0.6 is 0 Å². The van der Waals surface area contributed by atoms with E-state index in [0.717, 1.165) is 18.2 Å². The number of hydrogen-bond acceptors (Lipinski definition) is 6. The average molecular weight is 264 g/mol. The van der Waals surface area contributed by atoms with Crippen molar-refractivity contribution in [1.29, 1.82) is 5.26 Å². The minimum atomic E-state index is -1.10. The molecule has 0 spiro atoms. The Balaban J connectivity index is 2.78. The highest BCUT2D eigenvalue weighted by molar-refractivity contribution is 6.39. The Hall–Kier alpha value is -3.15. The first-order valence-corrected chi connectivity index (χ1v) is 4.89. The summed E-state index contributed by atoms with van der Waals surface area (Å²) in [6.45, 7) is -0.335. The molecule has 0 aliphatic rings. The maximum absolute atomic E-state index is 11.3. The van der Waals surface area contributed by atoms with Crippen molar-refractivity contribution in [3.63, 3.8) is 0 Å².